The van der Waals surface area contributed by atoms with E-state index >= 15 is 0 Å². The van der Waals surface area contributed by atoms with E-state index in [1.165, 1.54) is 0 Å². The molecule has 1 aromatic carbocycles. The maximum Gasteiger partial charge on any atom is 0.241 e. The molecule has 0 bridgehead atoms. The second-order valence-corrected chi connectivity index (χ2v) is 6.49. The van der Waals surface area contributed by atoms with E-state index in [0.29, 0.717) is 16.9 Å². The monoisotopic (exact) mass is 294 g/mol. The molecule has 1 aromatic rings. The van der Waals surface area contributed by atoms with E-state index in [9.17, 15) is 4.79 Å². The lowest BCUT2D eigenvalue weighted by Gasteiger charge is -2.29. The van der Waals surface area contributed by atoms with E-state index in [0.717, 1.165) is 12.1 Å². The molecular formula is C16H23ClN2O. The van der Waals surface area contributed by atoms with Crippen LogP contribution < -0.4 is 5.32 Å². The zero-order chi connectivity index (χ0) is 14.9. The quantitative estimate of drug-likeness (QED) is 0.922. The van der Waals surface area contributed by atoms with Gasteiger partial charge in [0.25, 0.3) is 0 Å². The molecule has 0 aliphatic carbocycles. The lowest BCUT2D eigenvalue weighted by atomic mass is 9.97. The SMILES string of the molecule is CC1NC(c2cccc(Cl)c2)N(CC(C)C(C)C)C1=O. The van der Waals surface area contributed by atoms with Crippen LogP contribution in [0.2, 0.25) is 5.02 Å². The Morgan fingerprint density at radius 1 is 1.35 bits per heavy atom. The lowest BCUT2D eigenvalue weighted by molar-refractivity contribution is -0.130. The van der Waals surface area contributed by atoms with Crippen molar-refractivity contribution in [3.63, 3.8) is 0 Å². The average molecular weight is 295 g/mol. The first-order chi connectivity index (χ1) is 9.40. The minimum atomic E-state index is -0.140. The third-order valence-electron chi connectivity index (χ3n) is 4.16. The van der Waals surface area contributed by atoms with Gasteiger partial charge in [-0.2, -0.15) is 0 Å². The molecule has 0 aromatic heterocycles. The molecule has 0 radical (unpaired) electrons. The highest BCUT2D eigenvalue weighted by Gasteiger charge is 2.37. The number of carbonyl (C=O) groups is 1. The van der Waals surface area contributed by atoms with Crippen molar-refractivity contribution in [2.75, 3.05) is 6.54 Å². The Morgan fingerprint density at radius 2 is 2.05 bits per heavy atom. The zero-order valence-electron chi connectivity index (χ0n) is 12.6. The van der Waals surface area contributed by atoms with Crippen molar-refractivity contribution in [1.82, 2.24) is 10.2 Å². The summed E-state index contributed by atoms with van der Waals surface area (Å²) >= 11 is 6.07. The highest BCUT2D eigenvalue weighted by Crippen LogP contribution is 2.28. The number of carbonyl (C=O) groups excluding carboxylic acids is 1. The van der Waals surface area contributed by atoms with Crippen molar-refractivity contribution in [1.29, 1.82) is 0 Å². The average Bonchev–Trinajstić information content (AvgIpc) is 2.67. The summed E-state index contributed by atoms with van der Waals surface area (Å²) in [6.45, 7) is 9.26. The van der Waals surface area contributed by atoms with E-state index in [1.54, 1.807) is 0 Å². The van der Waals surface area contributed by atoms with Crippen LogP contribution in [0.1, 0.15) is 39.4 Å². The zero-order valence-corrected chi connectivity index (χ0v) is 13.3. The second kappa shape index (κ2) is 6.15. The molecule has 1 saturated heterocycles. The largest absolute Gasteiger partial charge is 0.321 e. The normalized spacial score (nSPS) is 24.5. The summed E-state index contributed by atoms with van der Waals surface area (Å²) in [6.07, 6.45) is -0.0719. The molecular weight excluding hydrogens is 272 g/mol. The second-order valence-electron chi connectivity index (χ2n) is 6.06. The van der Waals surface area contributed by atoms with Crippen LogP contribution in [0.25, 0.3) is 0 Å². The highest BCUT2D eigenvalue weighted by atomic mass is 35.5. The summed E-state index contributed by atoms with van der Waals surface area (Å²) in [6, 6.07) is 7.58. The first kappa shape index (κ1) is 15.3. The molecule has 1 N–H and O–H groups in total. The van der Waals surface area contributed by atoms with Crippen molar-refractivity contribution in [3.05, 3.63) is 34.9 Å². The van der Waals surface area contributed by atoms with Gasteiger partial charge in [-0.05, 0) is 36.5 Å². The van der Waals surface area contributed by atoms with E-state index in [-0.39, 0.29) is 18.1 Å². The molecule has 3 unspecified atom stereocenters. The molecule has 110 valence electrons. The third kappa shape index (κ3) is 3.15. The Morgan fingerprint density at radius 3 is 2.65 bits per heavy atom. The number of nitrogens with one attached hydrogen (secondary N) is 1. The molecule has 1 fully saturated rings. The van der Waals surface area contributed by atoms with Gasteiger partial charge in [-0.15, -0.1) is 0 Å². The Hall–Kier alpha value is -1.06. The molecule has 1 heterocycles. The maximum atomic E-state index is 12.4. The smallest absolute Gasteiger partial charge is 0.241 e. The summed E-state index contributed by atoms with van der Waals surface area (Å²) < 4.78 is 0. The van der Waals surface area contributed by atoms with Gasteiger partial charge in [-0.3, -0.25) is 10.1 Å². The number of hydrogen-bond acceptors (Lipinski definition) is 2. The van der Waals surface area contributed by atoms with Crippen molar-refractivity contribution < 1.29 is 4.79 Å². The van der Waals surface area contributed by atoms with Crippen LogP contribution in [0, 0.1) is 11.8 Å². The summed E-state index contributed by atoms with van der Waals surface area (Å²) in [7, 11) is 0. The van der Waals surface area contributed by atoms with Gasteiger partial charge in [0.1, 0.15) is 6.17 Å². The number of amides is 1. The molecule has 1 amide bonds. The lowest BCUT2D eigenvalue weighted by Crippen LogP contribution is -2.35. The Balaban J connectivity index is 2.24. The minimum absolute atomic E-state index is 0.0719. The van der Waals surface area contributed by atoms with Crippen LogP contribution in [0.5, 0.6) is 0 Å². The van der Waals surface area contributed by atoms with Crippen LogP contribution in [0.4, 0.5) is 0 Å². The molecule has 1 aliphatic rings. The summed E-state index contributed by atoms with van der Waals surface area (Å²) in [4.78, 5) is 14.3. The molecule has 3 nitrogen and oxygen atoms in total. The van der Waals surface area contributed by atoms with E-state index in [2.05, 4.69) is 26.1 Å². The van der Waals surface area contributed by atoms with E-state index in [4.69, 9.17) is 11.6 Å². The van der Waals surface area contributed by atoms with Crippen LogP contribution in [0.3, 0.4) is 0 Å². The predicted molar refractivity (Wildman–Crippen MR) is 82.5 cm³/mol. The molecule has 1 aliphatic heterocycles. The van der Waals surface area contributed by atoms with Crippen molar-refractivity contribution >= 4 is 17.5 Å². The maximum absolute atomic E-state index is 12.4. The van der Waals surface area contributed by atoms with Crippen LogP contribution >= 0.6 is 11.6 Å². The molecule has 4 heteroatoms. The standard InChI is InChI=1S/C16H23ClN2O/c1-10(2)11(3)9-19-15(18-12(4)16(19)20)13-6-5-7-14(17)8-13/h5-8,10-12,15,18H,9H2,1-4H3. The van der Waals surface area contributed by atoms with Gasteiger partial charge in [-0.1, -0.05) is 44.5 Å². The van der Waals surface area contributed by atoms with Gasteiger partial charge in [0, 0.05) is 11.6 Å². The fourth-order valence-corrected chi connectivity index (χ4v) is 2.64. The van der Waals surface area contributed by atoms with Crippen LogP contribution in [-0.4, -0.2) is 23.4 Å². The van der Waals surface area contributed by atoms with Gasteiger partial charge in [0.05, 0.1) is 6.04 Å². The fourth-order valence-electron chi connectivity index (χ4n) is 2.44. The highest BCUT2D eigenvalue weighted by molar-refractivity contribution is 6.30. The topological polar surface area (TPSA) is 32.3 Å². The summed E-state index contributed by atoms with van der Waals surface area (Å²) in [5.74, 6) is 1.19. The molecule has 0 saturated carbocycles. The Labute approximate surface area is 126 Å². The number of benzene rings is 1. The number of hydrogen-bond donors (Lipinski definition) is 1. The van der Waals surface area contributed by atoms with Crippen LogP contribution in [0.15, 0.2) is 24.3 Å². The number of nitrogens with zero attached hydrogens (tertiary/aromatic N) is 1. The van der Waals surface area contributed by atoms with Gasteiger partial charge in [0.15, 0.2) is 0 Å². The van der Waals surface area contributed by atoms with Crippen molar-refractivity contribution in [2.45, 2.75) is 39.9 Å². The summed E-state index contributed by atoms with van der Waals surface area (Å²) in [5, 5.41) is 4.06. The van der Waals surface area contributed by atoms with Crippen molar-refractivity contribution in [3.8, 4) is 0 Å². The van der Waals surface area contributed by atoms with Gasteiger partial charge < -0.3 is 4.90 Å². The molecule has 0 spiro atoms. The molecule has 3 atom stereocenters. The Bertz CT molecular complexity index is 489. The van der Waals surface area contributed by atoms with Gasteiger partial charge in [0.2, 0.25) is 5.91 Å². The van der Waals surface area contributed by atoms with Crippen molar-refractivity contribution in [2.24, 2.45) is 11.8 Å². The first-order valence-electron chi connectivity index (χ1n) is 7.22. The predicted octanol–water partition coefficient (Wildman–Crippen LogP) is 3.45. The van der Waals surface area contributed by atoms with Gasteiger partial charge >= 0.3 is 0 Å². The number of rotatable bonds is 4. The first-order valence-corrected chi connectivity index (χ1v) is 7.60. The third-order valence-corrected chi connectivity index (χ3v) is 4.40. The van der Waals surface area contributed by atoms with E-state index < -0.39 is 0 Å². The van der Waals surface area contributed by atoms with Gasteiger partial charge in [-0.25, -0.2) is 0 Å². The van der Waals surface area contributed by atoms with Crippen LogP contribution in [-0.2, 0) is 4.79 Å². The minimum Gasteiger partial charge on any atom is -0.321 e. The molecule has 2 rings (SSSR count). The number of halogens is 1. The van der Waals surface area contributed by atoms with E-state index in [1.807, 2.05) is 36.1 Å². The summed E-state index contributed by atoms with van der Waals surface area (Å²) in [5.41, 5.74) is 1.05. The Kier molecular flexibility index (Phi) is 4.71. The molecule has 20 heavy (non-hydrogen) atoms. The fraction of sp³-hybridized carbons (Fsp3) is 0.562.